The maximum atomic E-state index is 13.0. The minimum absolute atomic E-state index is 0.0509. The standard InChI is InChI=1S/C19H23N3O5S2/c1-3-21(13-10-16-8-11-20-12-9-16)29(26,27)18-6-4-17(5-7-18)22-19(23)15(2)14-28(22,24)25/h4-9,11-12,15H,3,10,13-14H2,1-2H3/t15-/m1/s1. The molecule has 1 aliphatic heterocycles. The largest absolute Gasteiger partial charge is 0.273 e. The lowest BCUT2D eigenvalue weighted by atomic mass is 10.2. The van der Waals surface area contributed by atoms with Gasteiger partial charge in [-0.2, -0.15) is 4.31 Å². The molecule has 1 aromatic carbocycles. The SMILES string of the molecule is CCN(CCc1ccncc1)S(=O)(=O)c1ccc(N2C(=O)[C@H](C)CS2(=O)=O)cc1. The smallest absolute Gasteiger partial charge is 0.244 e. The highest BCUT2D eigenvalue weighted by molar-refractivity contribution is 7.94. The van der Waals surface area contributed by atoms with Gasteiger partial charge in [0.25, 0.3) is 0 Å². The predicted molar refractivity (Wildman–Crippen MR) is 109 cm³/mol. The van der Waals surface area contributed by atoms with Gasteiger partial charge in [-0.1, -0.05) is 13.8 Å². The molecule has 0 spiro atoms. The van der Waals surface area contributed by atoms with E-state index in [4.69, 9.17) is 0 Å². The minimum atomic E-state index is -3.75. The fraction of sp³-hybridized carbons (Fsp3) is 0.368. The molecule has 29 heavy (non-hydrogen) atoms. The Morgan fingerprint density at radius 3 is 2.28 bits per heavy atom. The summed E-state index contributed by atoms with van der Waals surface area (Å²) >= 11 is 0. The van der Waals surface area contributed by atoms with Crippen LogP contribution in [0.1, 0.15) is 19.4 Å². The second-order valence-electron chi connectivity index (χ2n) is 6.88. The molecule has 1 aliphatic rings. The van der Waals surface area contributed by atoms with Crippen LogP contribution in [0.15, 0.2) is 53.7 Å². The molecule has 0 saturated carbocycles. The molecular formula is C19H23N3O5S2. The second kappa shape index (κ2) is 8.21. The summed E-state index contributed by atoms with van der Waals surface area (Å²) < 4.78 is 52.5. The first kappa shape index (κ1) is 21.4. The van der Waals surface area contributed by atoms with Crippen LogP contribution in [0.4, 0.5) is 5.69 Å². The van der Waals surface area contributed by atoms with Crippen LogP contribution >= 0.6 is 0 Å². The van der Waals surface area contributed by atoms with Crippen LogP contribution in [-0.4, -0.2) is 50.9 Å². The van der Waals surface area contributed by atoms with Crippen molar-refractivity contribution in [2.45, 2.75) is 25.2 Å². The number of hydrogen-bond donors (Lipinski definition) is 0. The van der Waals surface area contributed by atoms with Crippen molar-refractivity contribution >= 4 is 31.6 Å². The third-order valence-corrected chi connectivity index (χ3v) is 8.68. The van der Waals surface area contributed by atoms with Crippen molar-refractivity contribution < 1.29 is 21.6 Å². The molecule has 2 aromatic rings. The van der Waals surface area contributed by atoms with E-state index in [1.807, 2.05) is 12.1 Å². The van der Waals surface area contributed by atoms with Crippen molar-refractivity contribution in [2.24, 2.45) is 5.92 Å². The maximum Gasteiger partial charge on any atom is 0.244 e. The molecule has 8 nitrogen and oxygen atoms in total. The van der Waals surface area contributed by atoms with Gasteiger partial charge in [-0.15, -0.1) is 0 Å². The zero-order valence-electron chi connectivity index (χ0n) is 16.2. The number of benzene rings is 1. The van der Waals surface area contributed by atoms with Gasteiger partial charge >= 0.3 is 0 Å². The van der Waals surface area contributed by atoms with Gasteiger partial charge in [0, 0.05) is 25.5 Å². The molecule has 0 unspecified atom stereocenters. The van der Waals surface area contributed by atoms with E-state index in [1.165, 1.54) is 28.6 Å². The lowest BCUT2D eigenvalue weighted by Gasteiger charge is -2.21. The maximum absolute atomic E-state index is 13.0. The van der Waals surface area contributed by atoms with Gasteiger partial charge in [0.2, 0.25) is 26.0 Å². The Labute approximate surface area is 171 Å². The third kappa shape index (κ3) is 4.34. The van der Waals surface area contributed by atoms with Crippen LogP contribution in [0.25, 0.3) is 0 Å². The molecule has 1 saturated heterocycles. The van der Waals surface area contributed by atoms with Gasteiger partial charge in [-0.3, -0.25) is 9.78 Å². The summed E-state index contributed by atoms with van der Waals surface area (Å²) in [5, 5.41) is 0. The second-order valence-corrected chi connectivity index (χ2v) is 10.7. The van der Waals surface area contributed by atoms with E-state index in [9.17, 15) is 21.6 Å². The lowest BCUT2D eigenvalue weighted by Crippen LogP contribution is -2.33. The molecule has 0 radical (unpaired) electrons. The number of hydrogen-bond acceptors (Lipinski definition) is 6. The normalized spacial score (nSPS) is 19.1. The van der Waals surface area contributed by atoms with Gasteiger partial charge in [-0.25, -0.2) is 21.1 Å². The summed E-state index contributed by atoms with van der Waals surface area (Å²) in [6.45, 7) is 3.92. The topological polar surface area (TPSA) is 105 Å². The number of carbonyl (C=O) groups is 1. The summed E-state index contributed by atoms with van der Waals surface area (Å²) in [7, 11) is -7.48. The molecule has 1 aromatic heterocycles. The van der Waals surface area contributed by atoms with E-state index in [0.29, 0.717) is 19.5 Å². The van der Waals surface area contributed by atoms with E-state index < -0.39 is 31.9 Å². The van der Waals surface area contributed by atoms with Crippen LogP contribution in [0.2, 0.25) is 0 Å². The van der Waals surface area contributed by atoms with Gasteiger partial charge in [-0.05, 0) is 48.4 Å². The molecule has 10 heteroatoms. The molecule has 1 atom stereocenters. The van der Waals surface area contributed by atoms with Gasteiger partial charge in [0.1, 0.15) is 0 Å². The molecule has 3 rings (SSSR count). The van der Waals surface area contributed by atoms with Crippen LogP contribution in [0.3, 0.4) is 0 Å². The van der Waals surface area contributed by atoms with E-state index in [1.54, 1.807) is 26.2 Å². The summed E-state index contributed by atoms with van der Waals surface area (Å²) in [5.41, 5.74) is 1.13. The Morgan fingerprint density at radius 1 is 1.14 bits per heavy atom. The molecule has 0 N–H and O–H groups in total. The van der Waals surface area contributed by atoms with Crippen molar-refractivity contribution in [3.63, 3.8) is 0 Å². The third-order valence-electron chi connectivity index (χ3n) is 4.82. The Hall–Kier alpha value is -2.30. The fourth-order valence-electron chi connectivity index (χ4n) is 3.24. The van der Waals surface area contributed by atoms with Crippen molar-refractivity contribution in [1.29, 1.82) is 0 Å². The highest BCUT2D eigenvalue weighted by Crippen LogP contribution is 2.29. The number of likely N-dealkylation sites (N-methyl/N-ethyl adjacent to an activating group) is 1. The van der Waals surface area contributed by atoms with Crippen molar-refractivity contribution in [1.82, 2.24) is 9.29 Å². The van der Waals surface area contributed by atoms with E-state index >= 15 is 0 Å². The number of nitrogens with zero attached hydrogens (tertiary/aromatic N) is 3. The van der Waals surface area contributed by atoms with Crippen LogP contribution in [0, 0.1) is 5.92 Å². The van der Waals surface area contributed by atoms with Crippen molar-refractivity contribution in [3.05, 3.63) is 54.4 Å². The highest BCUT2D eigenvalue weighted by atomic mass is 32.2. The Bertz CT molecular complexity index is 1080. The summed E-state index contributed by atoms with van der Waals surface area (Å²) in [4.78, 5) is 16.2. The molecule has 1 fully saturated rings. The zero-order chi connectivity index (χ0) is 21.2. The van der Waals surface area contributed by atoms with Crippen molar-refractivity contribution in [2.75, 3.05) is 23.1 Å². The van der Waals surface area contributed by atoms with Crippen LogP contribution in [0.5, 0.6) is 0 Å². The van der Waals surface area contributed by atoms with Crippen LogP contribution < -0.4 is 4.31 Å². The summed E-state index contributed by atoms with van der Waals surface area (Å²) in [5.74, 6) is -1.37. The Kier molecular flexibility index (Phi) is 6.06. The van der Waals surface area contributed by atoms with Gasteiger partial charge < -0.3 is 0 Å². The van der Waals surface area contributed by atoms with E-state index in [0.717, 1.165) is 9.87 Å². The average Bonchev–Trinajstić information content (AvgIpc) is 2.89. The van der Waals surface area contributed by atoms with E-state index in [-0.39, 0.29) is 16.3 Å². The monoisotopic (exact) mass is 437 g/mol. The first-order chi connectivity index (χ1) is 13.7. The number of carbonyl (C=O) groups excluding carboxylic acids is 1. The van der Waals surface area contributed by atoms with Crippen molar-refractivity contribution in [3.8, 4) is 0 Å². The molecule has 1 amide bonds. The molecule has 156 valence electrons. The number of rotatable bonds is 7. The number of anilines is 1. The average molecular weight is 438 g/mol. The Balaban J connectivity index is 1.81. The highest BCUT2D eigenvalue weighted by Gasteiger charge is 2.42. The molecular weight excluding hydrogens is 414 g/mol. The molecule has 0 bridgehead atoms. The predicted octanol–water partition coefficient (Wildman–Crippen LogP) is 1.65. The van der Waals surface area contributed by atoms with Gasteiger partial charge in [0.05, 0.1) is 22.3 Å². The van der Waals surface area contributed by atoms with Gasteiger partial charge in [0.15, 0.2) is 0 Å². The number of sulfonamides is 2. The lowest BCUT2D eigenvalue weighted by molar-refractivity contribution is -0.119. The molecule has 2 heterocycles. The number of aromatic nitrogens is 1. The summed E-state index contributed by atoms with van der Waals surface area (Å²) in [6.07, 6.45) is 3.87. The first-order valence-corrected chi connectivity index (χ1v) is 12.3. The summed E-state index contributed by atoms with van der Waals surface area (Å²) in [6, 6.07) is 9.07. The number of amides is 1. The minimum Gasteiger partial charge on any atom is -0.273 e. The Morgan fingerprint density at radius 2 is 1.76 bits per heavy atom. The van der Waals surface area contributed by atoms with Crippen LogP contribution in [-0.2, 0) is 31.3 Å². The first-order valence-electron chi connectivity index (χ1n) is 9.23. The number of pyridine rings is 1. The molecule has 0 aliphatic carbocycles. The van der Waals surface area contributed by atoms with E-state index in [2.05, 4.69) is 4.98 Å². The quantitative estimate of drug-likeness (QED) is 0.652. The fourth-order valence-corrected chi connectivity index (χ4v) is 6.51. The zero-order valence-corrected chi connectivity index (χ0v) is 17.9.